The van der Waals surface area contributed by atoms with Crippen LogP contribution in [0, 0.1) is 0 Å². The van der Waals surface area contributed by atoms with Crippen LogP contribution in [0.3, 0.4) is 0 Å². The molecule has 0 aliphatic carbocycles. The summed E-state index contributed by atoms with van der Waals surface area (Å²) in [5.74, 6) is -1.57. The van der Waals surface area contributed by atoms with Crippen LogP contribution in [0.25, 0.3) is 0 Å². The van der Waals surface area contributed by atoms with E-state index in [0.29, 0.717) is 19.3 Å². The Kier molecular flexibility index (Phi) is 78.4. The highest BCUT2D eigenvalue weighted by atomic mass is 31.2. The number of aliphatic hydroxyl groups excluding tert-OH is 2. The second-order valence-electron chi connectivity index (χ2n) is 28.6. The van der Waals surface area contributed by atoms with E-state index in [4.69, 9.17) is 32.3 Å². The molecule has 0 heterocycles. The first kappa shape index (κ1) is 103. The Morgan fingerprint density at radius 3 is 0.813 bits per heavy atom. The summed E-state index contributed by atoms with van der Waals surface area (Å²) in [7, 11) is -9.79. The van der Waals surface area contributed by atoms with Gasteiger partial charge in [-0.25, -0.2) is 9.13 Å². The lowest BCUT2D eigenvalue weighted by Crippen LogP contribution is -2.30. The van der Waals surface area contributed by atoms with Gasteiger partial charge < -0.3 is 34.2 Å². The molecule has 4 N–H and O–H groups in total. The maximum atomic E-state index is 13.0. The highest BCUT2D eigenvalue weighted by Gasteiger charge is 2.29. The smallest absolute Gasteiger partial charge is 0.463 e. The largest absolute Gasteiger partial charge is 0.472 e. The molecule has 0 amide bonds. The van der Waals surface area contributed by atoms with Crippen molar-refractivity contribution in [2.75, 3.05) is 39.6 Å². The van der Waals surface area contributed by atoms with Gasteiger partial charge in [0.05, 0.1) is 26.4 Å². The van der Waals surface area contributed by atoms with E-state index in [1.54, 1.807) is 0 Å². The van der Waals surface area contributed by atoms with Crippen molar-refractivity contribution in [2.45, 2.75) is 386 Å². The number of rotatable bonds is 81. The highest BCUT2D eigenvalue weighted by molar-refractivity contribution is 7.47. The molecule has 0 rings (SSSR count). The second kappa shape index (κ2) is 81.4. The zero-order valence-electron chi connectivity index (χ0n) is 67.8. The van der Waals surface area contributed by atoms with Crippen LogP contribution in [0.15, 0.2) is 122 Å². The zero-order chi connectivity index (χ0) is 78.0. The van der Waals surface area contributed by atoms with E-state index in [9.17, 15) is 43.5 Å². The number of hydrogen-bond donors (Lipinski definition) is 4. The van der Waals surface area contributed by atoms with Crippen molar-refractivity contribution in [1.29, 1.82) is 0 Å². The van der Waals surface area contributed by atoms with Gasteiger partial charge in [0.25, 0.3) is 0 Å². The Bertz CT molecular complexity index is 2430. The highest BCUT2D eigenvalue weighted by Crippen LogP contribution is 2.45. The van der Waals surface area contributed by atoms with Crippen molar-refractivity contribution in [3.63, 3.8) is 0 Å². The molecule has 0 saturated carbocycles. The monoisotopic (exact) mass is 1540 g/mol. The summed E-state index contributed by atoms with van der Waals surface area (Å²) < 4.78 is 61.2. The van der Waals surface area contributed by atoms with Crippen molar-refractivity contribution < 1.29 is 75.8 Å². The van der Waals surface area contributed by atoms with Gasteiger partial charge in [0, 0.05) is 19.3 Å². The Balaban J connectivity index is 4.46. The van der Waals surface area contributed by atoms with Gasteiger partial charge in [-0.15, -0.1) is 0 Å². The van der Waals surface area contributed by atoms with E-state index < -0.39 is 91.5 Å². The molecule has 0 aliphatic heterocycles. The number of carbonyl (C=O) groups excluding carboxylic acids is 3. The fourth-order valence-electron chi connectivity index (χ4n) is 11.6. The molecular formula is C89H156O16P2. The summed E-state index contributed by atoms with van der Waals surface area (Å²) in [5.41, 5.74) is 0. The minimum atomic E-state index is -4.93. The topological polar surface area (TPSA) is 231 Å². The van der Waals surface area contributed by atoms with Gasteiger partial charge >= 0.3 is 33.6 Å². The first-order valence-corrected chi connectivity index (χ1v) is 45.8. The predicted molar refractivity (Wildman–Crippen MR) is 445 cm³/mol. The minimum absolute atomic E-state index is 0.0947. The van der Waals surface area contributed by atoms with Crippen LogP contribution in [0.1, 0.15) is 367 Å². The lowest BCUT2D eigenvalue weighted by Gasteiger charge is -2.21. The van der Waals surface area contributed by atoms with Crippen molar-refractivity contribution in [3.8, 4) is 0 Å². The molecule has 18 heteroatoms. The third-order valence-corrected chi connectivity index (χ3v) is 20.0. The van der Waals surface area contributed by atoms with Crippen LogP contribution in [-0.4, -0.2) is 95.9 Å². The van der Waals surface area contributed by atoms with Crippen molar-refractivity contribution >= 4 is 33.6 Å². The Morgan fingerprint density at radius 1 is 0.271 bits per heavy atom. The number of phosphoric acid groups is 2. The van der Waals surface area contributed by atoms with E-state index in [0.717, 1.165) is 141 Å². The van der Waals surface area contributed by atoms with E-state index in [2.05, 4.69) is 142 Å². The third kappa shape index (κ3) is 82.7. The van der Waals surface area contributed by atoms with Crippen LogP contribution in [0.4, 0.5) is 0 Å². The summed E-state index contributed by atoms with van der Waals surface area (Å²) in [6, 6.07) is 0. The number of hydrogen-bond acceptors (Lipinski definition) is 14. The van der Waals surface area contributed by atoms with Crippen LogP contribution in [0.2, 0.25) is 0 Å². The van der Waals surface area contributed by atoms with Gasteiger partial charge in [-0.05, 0) is 135 Å². The number of aliphatic hydroxyl groups is 2. The van der Waals surface area contributed by atoms with E-state index in [-0.39, 0.29) is 19.3 Å². The van der Waals surface area contributed by atoms with Crippen molar-refractivity contribution in [3.05, 3.63) is 122 Å². The molecule has 16 nitrogen and oxygen atoms in total. The quantitative estimate of drug-likeness (QED) is 0.0146. The molecule has 107 heavy (non-hydrogen) atoms. The standard InChI is InChI=1S/C89H156O16P2/c1-4-7-10-13-16-19-22-25-27-29-31-33-35-37-39-41-43-45-47-49-51-53-55-58-60-63-66-69-72-75-87(92)99-78-84(90)79-101-106(95,96)102-80-85(91)81-103-107(97,98)104-83-86(105-89(94)77-74-71-68-65-62-57-24-21-18-15-12-9-6-3)82-100-88(93)76-73-70-67-64-61-59-56-54-52-50-48-46-44-42-40-38-36-34-32-30-28-26-23-20-17-14-11-8-5-2/h7,10,16-17,19-21,24-28,31-34,37-40,84-86,90-91H,4-6,8-9,11-15,18,22-23,29-30,35-36,41-83H2,1-3H3,(H,95,96)(H,97,98)/b10-7-,19-16-,20-17-,24-21-,27-25-,28-26-,33-31-,34-32-,39-37-,40-38-. The summed E-state index contributed by atoms with van der Waals surface area (Å²) >= 11 is 0. The number of unbranched alkanes of at least 4 members (excludes halogenated alkanes) is 38. The van der Waals surface area contributed by atoms with Crippen LogP contribution in [0.5, 0.6) is 0 Å². The van der Waals surface area contributed by atoms with E-state index in [1.165, 1.54) is 167 Å². The molecule has 0 aromatic heterocycles. The molecule has 618 valence electrons. The lowest BCUT2D eigenvalue weighted by atomic mass is 10.0. The van der Waals surface area contributed by atoms with E-state index in [1.807, 2.05) is 0 Å². The van der Waals surface area contributed by atoms with Crippen LogP contribution < -0.4 is 0 Å². The molecule has 0 aromatic carbocycles. The van der Waals surface area contributed by atoms with Crippen LogP contribution in [-0.2, 0) is 55.8 Å². The average molecular weight is 1540 g/mol. The summed E-state index contributed by atoms with van der Waals surface area (Å²) in [5, 5.41) is 20.7. The molecule has 0 bridgehead atoms. The SMILES string of the molecule is CC/C=C\C/C=C\C/C=C\C/C=C\C/C=C\CCCCCCCCCCCCCCCC(=O)OCC(O)COP(=O)(O)OCC(O)COP(=O)(O)OCC(COC(=O)CCCCCCCCCCCCCCC/C=C\C/C=C\C/C=C\C/C=C\CCCCC)OC(=O)CCCCCCC/C=C\CCCCCC. The molecule has 0 saturated heterocycles. The Labute approximate surface area is 653 Å². The number of allylic oxidation sites excluding steroid dienone is 20. The van der Waals surface area contributed by atoms with Gasteiger partial charge in [-0.1, -0.05) is 335 Å². The lowest BCUT2D eigenvalue weighted by molar-refractivity contribution is -0.161. The first-order valence-electron chi connectivity index (χ1n) is 42.8. The molecule has 0 radical (unpaired) electrons. The first-order chi connectivity index (χ1) is 52.2. The average Bonchev–Trinajstić information content (AvgIpc) is 0.909. The number of carbonyl (C=O) groups is 3. The molecule has 0 fully saturated rings. The van der Waals surface area contributed by atoms with Crippen molar-refractivity contribution in [2.24, 2.45) is 0 Å². The zero-order valence-corrected chi connectivity index (χ0v) is 69.6. The molecule has 0 aliphatic rings. The number of esters is 3. The van der Waals surface area contributed by atoms with E-state index >= 15 is 0 Å². The number of ether oxygens (including phenoxy) is 3. The number of phosphoric ester groups is 2. The second-order valence-corrected chi connectivity index (χ2v) is 31.5. The minimum Gasteiger partial charge on any atom is -0.463 e. The molecule has 5 unspecified atom stereocenters. The van der Waals surface area contributed by atoms with Gasteiger partial charge in [0.2, 0.25) is 0 Å². The third-order valence-electron chi connectivity index (χ3n) is 18.1. The molecule has 0 spiro atoms. The Hall–Kier alpha value is -4.05. The van der Waals surface area contributed by atoms with Crippen LogP contribution >= 0.6 is 15.6 Å². The summed E-state index contributed by atoms with van der Waals surface area (Å²) in [6.07, 6.45) is 98.3. The fraction of sp³-hybridized carbons (Fsp3) is 0.742. The normalized spacial score (nSPS) is 14.5. The molecule has 0 aromatic rings. The Morgan fingerprint density at radius 2 is 0.495 bits per heavy atom. The predicted octanol–water partition coefficient (Wildman–Crippen LogP) is 25.7. The van der Waals surface area contributed by atoms with Gasteiger partial charge in [0.15, 0.2) is 6.10 Å². The maximum absolute atomic E-state index is 13.0. The summed E-state index contributed by atoms with van der Waals surface area (Å²) in [4.78, 5) is 58.7. The fourth-order valence-corrected chi connectivity index (χ4v) is 13.2. The molecular weight excluding hydrogens is 1390 g/mol. The molecule has 5 atom stereocenters. The van der Waals surface area contributed by atoms with Gasteiger partial charge in [0.1, 0.15) is 25.4 Å². The maximum Gasteiger partial charge on any atom is 0.472 e. The summed E-state index contributed by atoms with van der Waals surface area (Å²) in [6.45, 7) is 2.55. The van der Waals surface area contributed by atoms with Crippen molar-refractivity contribution in [1.82, 2.24) is 0 Å². The van der Waals surface area contributed by atoms with Gasteiger partial charge in [-0.2, -0.15) is 0 Å². The van der Waals surface area contributed by atoms with Gasteiger partial charge in [-0.3, -0.25) is 32.5 Å².